The number of aliphatic hydroxyl groups excluding tert-OH is 1. The lowest BCUT2D eigenvalue weighted by molar-refractivity contribution is -0.161. The molecule has 0 radical (unpaired) electrons. The predicted molar refractivity (Wildman–Crippen MR) is 391 cm³/mol. The number of carbonyl (C=O) groups excluding carboxylic acids is 4. The maximum atomic E-state index is 13.1. The fraction of sp³-hybridized carbons (Fsp3) is 0.896. The molecule has 0 aromatic heterocycles. The molecule has 0 bridgehead atoms. The topological polar surface area (TPSA) is 237 Å². The van der Waals surface area contributed by atoms with Crippen LogP contribution < -0.4 is 0 Å². The Hall–Kier alpha value is -2.46. The molecular formula is C77H146O17P2. The number of allylic oxidation sites excluding steroid dienone is 4. The average molecular weight is 1410 g/mol. The zero-order valence-electron chi connectivity index (χ0n) is 62.2. The van der Waals surface area contributed by atoms with E-state index in [4.69, 9.17) is 37.0 Å². The first-order valence-corrected chi connectivity index (χ1v) is 42.3. The van der Waals surface area contributed by atoms with E-state index in [1.165, 1.54) is 173 Å². The molecule has 0 heterocycles. The third-order valence-corrected chi connectivity index (χ3v) is 19.2. The summed E-state index contributed by atoms with van der Waals surface area (Å²) in [5.41, 5.74) is 0. The first-order chi connectivity index (χ1) is 46.4. The van der Waals surface area contributed by atoms with E-state index in [1.807, 2.05) is 0 Å². The monoisotopic (exact) mass is 1410 g/mol. The Morgan fingerprint density at radius 2 is 0.562 bits per heavy atom. The van der Waals surface area contributed by atoms with Crippen molar-refractivity contribution in [3.63, 3.8) is 0 Å². The molecule has 0 spiro atoms. The highest BCUT2D eigenvalue weighted by Gasteiger charge is 2.30. The summed E-state index contributed by atoms with van der Waals surface area (Å²) < 4.78 is 68.5. The molecule has 96 heavy (non-hydrogen) atoms. The second kappa shape index (κ2) is 68.3. The van der Waals surface area contributed by atoms with Crippen molar-refractivity contribution in [2.45, 2.75) is 394 Å². The Morgan fingerprint density at radius 3 is 0.854 bits per heavy atom. The summed E-state index contributed by atoms with van der Waals surface area (Å²) in [4.78, 5) is 72.8. The summed E-state index contributed by atoms with van der Waals surface area (Å²) in [7, 11) is -9.92. The number of hydrogen-bond donors (Lipinski definition) is 3. The van der Waals surface area contributed by atoms with Crippen molar-refractivity contribution in [1.82, 2.24) is 0 Å². The van der Waals surface area contributed by atoms with Gasteiger partial charge in [-0.05, 0) is 63.2 Å². The Morgan fingerprint density at radius 1 is 0.323 bits per heavy atom. The number of hydrogen-bond acceptors (Lipinski definition) is 15. The van der Waals surface area contributed by atoms with E-state index in [0.717, 1.165) is 121 Å². The number of ether oxygens (including phenoxy) is 4. The molecule has 0 aromatic carbocycles. The minimum Gasteiger partial charge on any atom is -0.462 e. The van der Waals surface area contributed by atoms with Crippen molar-refractivity contribution >= 4 is 39.5 Å². The van der Waals surface area contributed by atoms with Gasteiger partial charge in [0.2, 0.25) is 0 Å². The van der Waals surface area contributed by atoms with Gasteiger partial charge in [-0.15, -0.1) is 0 Å². The molecule has 0 amide bonds. The van der Waals surface area contributed by atoms with Crippen LogP contribution in [0.5, 0.6) is 0 Å². The summed E-state index contributed by atoms with van der Waals surface area (Å²) in [6.45, 7) is 9.55. The summed E-state index contributed by atoms with van der Waals surface area (Å²) in [6, 6.07) is 0. The fourth-order valence-corrected chi connectivity index (χ4v) is 12.9. The lowest BCUT2D eigenvalue weighted by Gasteiger charge is -2.21. The third kappa shape index (κ3) is 70.0. The van der Waals surface area contributed by atoms with E-state index in [1.54, 1.807) is 0 Å². The molecular weight excluding hydrogens is 1260 g/mol. The van der Waals surface area contributed by atoms with Gasteiger partial charge in [0, 0.05) is 25.7 Å². The van der Waals surface area contributed by atoms with Crippen LogP contribution in [0.15, 0.2) is 24.3 Å². The third-order valence-electron chi connectivity index (χ3n) is 17.3. The van der Waals surface area contributed by atoms with Gasteiger partial charge in [-0.25, -0.2) is 9.13 Å². The maximum Gasteiger partial charge on any atom is 0.472 e. The molecule has 566 valence electrons. The van der Waals surface area contributed by atoms with Crippen molar-refractivity contribution in [2.75, 3.05) is 39.6 Å². The molecule has 0 aliphatic carbocycles. The summed E-state index contributed by atoms with van der Waals surface area (Å²) in [5.74, 6) is -0.577. The normalized spacial score (nSPS) is 14.2. The number of carbonyl (C=O) groups is 4. The van der Waals surface area contributed by atoms with Crippen LogP contribution in [0.25, 0.3) is 0 Å². The van der Waals surface area contributed by atoms with Crippen LogP contribution in [0.4, 0.5) is 0 Å². The van der Waals surface area contributed by atoms with Crippen LogP contribution in [0.1, 0.15) is 375 Å². The Balaban J connectivity index is 5.27. The molecule has 0 aliphatic rings. The molecule has 0 fully saturated rings. The minimum atomic E-state index is -4.97. The van der Waals surface area contributed by atoms with E-state index in [0.29, 0.717) is 25.7 Å². The van der Waals surface area contributed by atoms with E-state index in [-0.39, 0.29) is 25.7 Å². The van der Waals surface area contributed by atoms with Crippen molar-refractivity contribution in [2.24, 2.45) is 11.8 Å². The van der Waals surface area contributed by atoms with Gasteiger partial charge in [0.1, 0.15) is 19.3 Å². The van der Waals surface area contributed by atoms with E-state index < -0.39 is 97.5 Å². The zero-order valence-corrected chi connectivity index (χ0v) is 63.9. The van der Waals surface area contributed by atoms with Gasteiger partial charge < -0.3 is 33.8 Å². The first-order valence-electron chi connectivity index (χ1n) is 39.3. The number of phosphoric acid groups is 2. The number of unbranched alkanes of at least 4 members (excludes halogenated alkanes) is 41. The summed E-state index contributed by atoms with van der Waals surface area (Å²) in [5, 5.41) is 10.6. The van der Waals surface area contributed by atoms with Gasteiger partial charge in [-0.3, -0.25) is 37.3 Å². The van der Waals surface area contributed by atoms with Gasteiger partial charge in [0.05, 0.1) is 26.4 Å². The Kier molecular flexibility index (Phi) is 66.6. The van der Waals surface area contributed by atoms with Crippen LogP contribution in [0.3, 0.4) is 0 Å². The predicted octanol–water partition coefficient (Wildman–Crippen LogP) is 22.3. The van der Waals surface area contributed by atoms with Crippen LogP contribution in [-0.2, 0) is 65.4 Å². The summed E-state index contributed by atoms with van der Waals surface area (Å²) >= 11 is 0. The number of esters is 4. The molecule has 5 atom stereocenters. The highest BCUT2D eigenvalue weighted by atomic mass is 31.2. The smallest absolute Gasteiger partial charge is 0.462 e. The van der Waals surface area contributed by atoms with Crippen molar-refractivity contribution in [3.8, 4) is 0 Å². The first kappa shape index (κ1) is 93.5. The van der Waals surface area contributed by atoms with Crippen LogP contribution in [0, 0.1) is 11.8 Å². The number of phosphoric ester groups is 2. The van der Waals surface area contributed by atoms with Gasteiger partial charge in [-0.2, -0.15) is 0 Å². The quantitative estimate of drug-likeness (QED) is 0.0169. The molecule has 19 heteroatoms. The summed E-state index contributed by atoms with van der Waals surface area (Å²) in [6.07, 6.45) is 59.0. The number of aliphatic hydroxyl groups is 1. The van der Waals surface area contributed by atoms with Crippen molar-refractivity contribution in [3.05, 3.63) is 24.3 Å². The standard InChI is InChI=1S/C77H146O17P2/c1-7-9-11-13-15-17-18-19-20-24-30-36-42-48-54-60-75(80)88-66-73(94-76(81)61-55-49-43-37-31-25-22-21-23-28-34-39-45-51-57-69(3)4)68-92-96(85,86)90-64-71(78)63-89-95(83,84)91-67-72(65-87-74(79)59-53-47-41-33-16-14-12-10-8-2)93-77(82)62-56-50-44-38-32-27-26-29-35-40-46-52-58-70(5)6/h17-20,69-73,78H,7-16,21-68H2,1-6H3,(H,83,84)(H,85,86)/b18-17-,20-19-/t71-,72+,73+/m0/s1. The maximum absolute atomic E-state index is 13.1. The second-order valence-electron chi connectivity index (χ2n) is 28.0. The second-order valence-corrected chi connectivity index (χ2v) is 30.9. The number of rotatable bonds is 74. The SMILES string of the molecule is CCCCCC/C=C\C=C/CCCCCCCC(=O)OC[C@H](COP(=O)(O)OC[C@@H](O)COP(=O)(O)OC[C@@H](COC(=O)CCCCCCCCCCC)OC(=O)CCCCCCCCCCCCCCC(C)C)OC(=O)CCCCCCCCCCCCCCCCC(C)C. The van der Waals surface area contributed by atoms with Crippen LogP contribution >= 0.6 is 15.6 Å². The zero-order chi connectivity index (χ0) is 70.7. The molecule has 0 aromatic rings. The van der Waals surface area contributed by atoms with Crippen LogP contribution in [0.2, 0.25) is 0 Å². The molecule has 17 nitrogen and oxygen atoms in total. The van der Waals surface area contributed by atoms with Gasteiger partial charge in [-0.1, -0.05) is 323 Å². The molecule has 0 aliphatic heterocycles. The molecule has 0 saturated carbocycles. The van der Waals surface area contributed by atoms with E-state index in [9.17, 15) is 43.2 Å². The molecule has 0 saturated heterocycles. The van der Waals surface area contributed by atoms with Gasteiger partial charge in [0.15, 0.2) is 12.2 Å². The molecule has 2 unspecified atom stereocenters. The van der Waals surface area contributed by atoms with Crippen molar-refractivity contribution in [1.29, 1.82) is 0 Å². The van der Waals surface area contributed by atoms with Crippen LogP contribution in [-0.4, -0.2) is 96.7 Å². The Labute approximate surface area is 586 Å². The minimum absolute atomic E-state index is 0.101. The van der Waals surface area contributed by atoms with E-state index >= 15 is 0 Å². The largest absolute Gasteiger partial charge is 0.472 e. The highest BCUT2D eigenvalue weighted by molar-refractivity contribution is 7.47. The fourth-order valence-electron chi connectivity index (χ4n) is 11.3. The lowest BCUT2D eigenvalue weighted by Crippen LogP contribution is -2.30. The van der Waals surface area contributed by atoms with E-state index in [2.05, 4.69) is 65.8 Å². The van der Waals surface area contributed by atoms with Crippen molar-refractivity contribution < 1.29 is 80.2 Å². The molecule has 0 rings (SSSR count). The Bertz CT molecular complexity index is 1950. The average Bonchev–Trinajstić information content (AvgIpc) is 3.75. The van der Waals surface area contributed by atoms with Gasteiger partial charge in [0.25, 0.3) is 0 Å². The lowest BCUT2D eigenvalue weighted by atomic mass is 10.0. The highest BCUT2D eigenvalue weighted by Crippen LogP contribution is 2.45. The van der Waals surface area contributed by atoms with Gasteiger partial charge >= 0.3 is 39.5 Å². The molecule has 3 N–H and O–H groups in total.